The zero-order valence-corrected chi connectivity index (χ0v) is 6.23. The number of aromatic nitrogens is 1. The van der Waals surface area contributed by atoms with Gasteiger partial charge in [-0.05, 0) is 23.7 Å². The topological polar surface area (TPSA) is 33.1 Å². The van der Waals surface area contributed by atoms with Crippen LogP contribution >= 0.6 is 11.5 Å². The molecule has 0 aliphatic rings. The molecule has 0 spiro atoms. The van der Waals surface area contributed by atoms with Crippen LogP contribution in [0.5, 0.6) is 5.75 Å². The summed E-state index contributed by atoms with van der Waals surface area (Å²) in [5.41, 5.74) is 0. The average molecular weight is 169 g/mol. The summed E-state index contributed by atoms with van der Waals surface area (Å²) in [7, 11) is 0. The van der Waals surface area contributed by atoms with Crippen LogP contribution < -0.4 is 0 Å². The Bertz CT molecular complexity index is 362. The van der Waals surface area contributed by atoms with Gasteiger partial charge in [0.1, 0.15) is 11.6 Å². The monoisotopic (exact) mass is 169 g/mol. The molecular weight excluding hydrogens is 165 g/mol. The molecule has 1 N–H and O–H groups in total. The Kier molecular flexibility index (Phi) is 1.29. The lowest BCUT2D eigenvalue weighted by atomic mass is 10.2. The van der Waals surface area contributed by atoms with E-state index in [-0.39, 0.29) is 11.6 Å². The number of aromatic hydroxyl groups is 1. The largest absolute Gasteiger partial charge is 0.506 e. The minimum Gasteiger partial charge on any atom is -0.506 e. The maximum atomic E-state index is 12.9. The Morgan fingerprint density at radius 1 is 1.45 bits per heavy atom. The first-order chi connectivity index (χ1) is 5.29. The van der Waals surface area contributed by atoms with E-state index >= 15 is 0 Å². The molecule has 0 atom stereocenters. The molecule has 0 bridgehead atoms. The summed E-state index contributed by atoms with van der Waals surface area (Å²) in [4.78, 5) is 0. The standard InChI is InChI=1S/C7H4FNOS/c8-5-1-2-6(10)7-4(5)3-9-11-7/h1-3,10H. The lowest BCUT2D eigenvalue weighted by Crippen LogP contribution is -1.72. The highest BCUT2D eigenvalue weighted by Crippen LogP contribution is 2.29. The summed E-state index contributed by atoms with van der Waals surface area (Å²) in [5, 5.41) is 9.57. The van der Waals surface area contributed by atoms with Gasteiger partial charge < -0.3 is 5.11 Å². The first kappa shape index (κ1) is 6.54. The lowest BCUT2D eigenvalue weighted by Gasteiger charge is -1.92. The van der Waals surface area contributed by atoms with Crippen molar-refractivity contribution in [3.8, 4) is 5.75 Å². The van der Waals surface area contributed by atoms with Gasteiger partial charge in [-0.2, -0.15) is 4.37 Å². The molecule has 1 aromatic heterocycles. The molecule has 11 heavy (non-hydrogen) atoms. The van der Waals surface area contributed by atoms with Gasteiger partial charge in [-0.15, -0.1) is 0 Å². The highest BCUT2D eigenvalue weighted by molar-refractivity contribution is 7.13. The number of phenolic OH excluding ortho intramolecular Hbond substituents is 1. The van der Waals surface area contributed by atoms with Gasteiger partial charge in [-0.3, -0.25) is 0 Å². The van der Waals surface area contributed by atoms with Crippen LogP contribution in [0.3, 0.4) is 0 Å². The third-order valence-corrected chi connectivity index (χ3v) is 2.27. The SMILES string of the molecule is Oc1ccc(F)c2cnsc12. The van der Waals surface area contributed by atoms with Crippen LogP contribution in [0.25, 0.3) is 10.1 Å². The molecule has 1 aromatic carbocycles. The van der Waals surface area contributed by atoms with Crippen molar-refractivity contribution in [3.63, 3.8) is 0 Å². The van der Waals surface area contributed by atoms with E-state index in [2.05, 4.69) is 4.37 Å². The second-order valence-corrected chi connectivity index (χ2v) is 2.94. The van der Waals surface area contributed by atoms with E-state index in [1.54, 1.807) is 0 Å². The van der Waals surface area contributed by atoms with Gasteiger partial charge in [0.05, 0.1) is 16.3 Å². The maximum absolute atomic E-state index is 12.9. The summed E-state index contributed by atoms with van der Waals surface area (Å²) in [6.45, 7) is 0. The van der Waals surface area contributed by atoms with Crippen molar-refractivity contribution in [3.05, 3.63) is 24.1 Å². The Labute approximate surface area is 66.1 Å². The van der Waals surface area contributed by atoms with E-state index in [0.717, 1.165) is 11.5 Å². The third kappa shape index (κ3) is 0.867. The van der Waals surface area contributed by atoms with Crippen molar-refractivity contribution in [1.29, 1.82) is 0 Å². The zero-order valence-electron chi connectivity index (χ0n) is 5.41. The van der Waals surface area contributed by atoms with Gasteiger partial charge in [-0.1, -0.05) is 0 Å². The highest BCUT2D eigenvalue weighted by atomic mass is 32.1. The summed E-state index contributed by atoms with van der Waals surface area (Å²) in [6.07, 6.45) is 1.41. The first-order valence-corrected chi connectivity index (χ1v) is 3.78. The van der Waals surface area contributed by atoms with Crippen molar-refractivity contribution in [2.24, 2.45) is 0 Å². The molecule has 2 nitrogen and oxygen atoms in total. The van der Waals surface area contributed by atoms with E-state index in [1.165, 1.54) is 18.3 Å². The third-order valence-electron chi connectivity index (χ3n) is 1.45. The van der Waals surface area contributed by atoms with Gasteiger partial charge in [0, 0.05) is 0 Å². The van der Waals surface area contributed by atoms with E-state index in [0.29, 0.717) is 10.1 Å². The fourth-order valence-corrected chi connectivity index (χ4v) is 1.59. The normalized spacial score (nSPS) is 10.6. The number of phenols is 1. The highest BCUT2D eigenvalue weighted by Gasteiger charge is 2.05. The van der Waals surface area contributed by atoms with E-state index in [1.807, 2.05) is 0 Å². The number of fused-ring (bicyclic) bond motifs is 1. The molecule has 0 radical (unpaired) electrons. The maximum Gasteiger partial charge on any atom is 0.135 e. The molecule has 0 fully saturated rings. The molecule has 0 amide bonds. The first-order valence-electron chi connectivity index (χ1n) is 3.01. The van der Waals surface area contributed by atoms with Crippen LogP contribution in [0, 0.1) is 5.82 Å². The van der Waals surface area contributed by atoms with E-state index in [9.17, 15) is 9.50 Å². The predicted octanol–water partition coefficient (Wildman–Crippen LogP) is 2.14. The molecule has 4 heteroatoms. The summed E-state index contributed by atoms with van der Waals surface area (Å²) in [6, 6.07) is 2.56. The van der Waals surface area contributed by atoms with Crippen LogP contribution in [0.4, 0.5) is 4.39 Å². The second kappa shape index (κ2) is 2.17. The molecule has 0 saturated carbocycles. The van der Waals surface area contributed by atoms with E-state index in [4.69, 9.17) is 0 Å². The minimum absolute atomic E-state index is 0.0869. The second-order valence-electron chi connectivity index (χ2n) is 2.14. The van der Waals surface area contributed by atoms with Crippen LogP contribution in [0.1, 0.15) is 0 Å². The van der Waals surface area contributed by atoms with Crippen molar-refractivity contribution in [1.82, 2.24) is 4.37 Å². The van der Waals surface area contributed by atoms with Crippen LogP contribution in [-0.4, -0.2) is 9.48 Å². The van der Waals surface area contributed by atoms with Gasteiger partial charge in [-0.25, -0.2) is 4.39 Å². The molecule has 0 aliphatic carbocycles. The summed E-state index contributed by atoms with van der Waals surface area (Å²) < 4.78 is 17.1. The average Bonchev–Trinajstić information content (AvgIpc) is 2.45. The number of hydrogen-bond donors (Lipinski definition) is 1. The Balaban J connectivity index is 2.96. The van der Waals surface area contributed by atoms with Crippen molar-refractivity contribution in [2.45, 2.75) is 0 Å². The van der Waals surface area contributed by atoms with Crippen LogP contribution in [-0.2, 0) is 0 Å². The van der Waals surface area contributed by atoms with E-state index < -0.39 is 0 Å². The fourth-order valence-electron chi connectivity index (χ4n) is 0.912. The van der Waals surface area contributed by atoms with Gasteiger partial charge in [0.2, 0.25) is 0 Å². The molecular formula is C7H4FNOS. The Morgan fingerprint density at radius 3 is 3.00 bits per heavy atom. The number of nitrogens with zero attached hydrogens (tertiary/aromatic N) is 1. The molecule has 1 heterocycles. The van der Waals surface area contributed by atoms with Gasteiger partial charge in [0.15, 0.2) is 0 Å². The molecule has 0 unspecified atom stereocenters. The van der Waals surface area contributed by atoms with Crippen LogP contribution in [0.2, 0.25) is 0 Å². The summed E-state index contributed by atoms with van der Waals surface area (Å²) in [5.74, 6) is -0.254. The van der Waals surface area contributed by atoms with Gasteiger partial charge in [0.25, 0.3) is 0 Å². The van der Waals surface area contributed by atoms with Crippen molar-refractivity contribution < 1.29 is 9.50 Å². The molecule has 0 saturated heterocycles. The van der Waals surface area contributed by atoms with Crippen molar-refractivity contribution >= 4 is 21.6 Å². The molecule has 0 aliphatic heterocycles. The molecule has 2 aromatic rings. The Morgan fingerprint density at radius 2 is 2.27 bits per heavy atom. The number of rotatable bonds is 0. The number of hydrogen-bond acceptors (Lipinski definition) is 3. The Hall–Kier alpha value is -1.16. The van der Waals surface area contributed by atoms with Gasteiger partial charge >= 0.3 is 0 Å². The van der Waals surface area contributed by atoms with Crippen molar-refractivity contribution in [2.75, 3.05) is 0 Å². The quantitative estimate of drug-likeness (QED) is 0.655. The molecule has 56 valence electrons. The smallest absolute Gasteiger partial charge is 0.135 e. The summed E-state index contributed by atoms with van der Waals surface area (Å²) >= 11 is 1.09. The number of halogens is 1. The van der Waals surface area contributed by atoms with Crippen LogP contribution in [0.15, 0.2) is 18.3 Å². The minimum atomic E-state index is -0.341. The lowest BCUT2D eigenvalue weighted by molar-refractivity contribution is 0.481. The number of benzene rings is 1. The fraction of sp³-hybridized carbons (Fsp3) is 0. The predicted molar refractivity (Wildman–Crippen MR) is 41.2 cm³/mol. The zero-order chi connectivity index (χ0) is 7.84. The molecule has 2 rings (SSSR count).